The molecule has 0 radical (unpaired) electrons. The number of aromatic nitrogens is 1. The van der Waals surface area contributed by atoms with E-state index in [0.717, 1.165) is 18.4 Å². The number of fused-ring (bicyclic) bond motifs is 1. The number of nitrogens with one attached hydrogen (secondary N) is 1. The van der Waals surface area contributed by atoms with Crippen LogP contribution in [0.5, 0.6) is 0 Å². The lowest BCUT2D eigenvalue weighted by Crippen LogP contribution is -2.49. The number of halogens is 1. The Balaban J connectivity index is 1.53. The van der Waals surface area contributed by atoms with Crippen LogP contribution >= 0.6 is 11.6 Å². The predicted octanol–water partition coefficient (Wildman–Crippen LogP) is 2.11. The Kier molecular flexibility index (Phi) is 7.43. The fourth-order valence-electron chi connectivity index (χ4n) is 4.62. The third kappa shape index (κ3) is 5.18. The molecular formula is C25H32ClN3O5S. The summed E-state index contributed by atoms with van der Waals surface area (Å²) in [7, 11) is -1.30. The van der Waals surface area contributed by atoms with E-state index in [1.165, 1.54) is 0 Å². The second-order valence-corrected chi connectivity index (χ2v) is 12.9. The van der Waals surface area contributed by atoms with Gasteiger partial charge in [0.2, 0.25) is 0 Å². The zero-order valence-corrected chi connectivity index (χ0v) is 21.6. The molecule has 35 heavy (non-hydrogen) atoms. The largest absolute Gasteiger partial charge is 0.396 e. The summed E-state index contributed by atoms with van der Waals surface area (Å²) in [5, 5.41) is 22.8. The number of nitrogens with zero attached hydrogens (tertiary/aromatic N) is 2. The Hall–Kier alpha value is -2.20. The second kappa shape index (κ2) is 10.0. The van der Waals surface area contributed by atoms with Crippen LogP contribution in [0.25, 0.3) is 0 Å². The predicted molar refractivity (Wildman–Crippen MR) is 135 cm³/mol. The van der Waals surface area contributed by atoms with E-state index < -0.39 is 20.3 Å². The Morgan fingerprint density at radius 2 is 1.89 bits per heavy atom. The number of benzene rings is 1. The standard InChI is InChI=1S/C25H32ClN3O5S/c1-24(2,16-31)35(34)25(8-9-25)15-28-10-11-29-20(13-18(7-12-30)21(29)23(28)33)22(32)27-14-17-3-5-19(26)6-4-17/h3-6,13,30-31H,7-12,14-16H2,1-2H3,(H,27,32). The lowest BCUT2D eigenvalue weighted by molar-refractivity contribution is 0.0696. The van der Waals surface area contributed by atoms with Crippen LogP contribution in [0.3, 0.4) is 0 Å². The molecule has 3 N–H and O–H groups in total. The van der Waals surface area contributed by atoms with Crippen molar-refractivity contribution in [2.45, 2.75) is 55.7 Å². The highest BCUT2D eigenvalue weighted by Crippen LogP contribution is 2.46. The Bertz CT molecular complexity index is 1140. The van der Waals surface area contributed by atoms with Crippen LogP contribution in [0.2, 0.25) is 5.02 Å². The van der Waals surface area contributed by atoms with Crippen LogP contribution in [0.1, 0.15) is 58.8 Å². The third-order valence-electron chi connectivity index (χ3n) is 6.80. The number of hydrogen-bond donors (Lipinski definition) is 3. The van der Waals surface area contributed by atoms with E-state index in [4.69, 9.17) is 11.6 Å². The first kappa shape index (κ1) is 25.9. The maximum absolute atomic E-state index is 13.5. The number of hydrogen-bond acceptors (Lipinski definition) is 5. The van der Waals surface area contributed by atoms with Crippen molar-refractivity contribution >= 4 is 34.2 Å². The highest BCUT2D eigenvalue weighted by molar-refractivity contribution is 7.88. The molecule has 0 saturated heterocycles. The normalized spacial score (nSPS) is 17.7. The first-order chi connectivity index (χ1) is 16.6. The first-order valence-electron chi connectivity index (χ1n) is 11.8. The molecule has 190 valence electrons. The van der Waals surface area contributed by atoms with Gasteiger partial charge in [-0.15, -0.1) is 0 Å². The van der Waals surface area contributed by atoms with Gasteiger partial charge in [-0.3, -0.25) is 13.8 Å². The van der Waals surface area contributed by atoms with Gasteiger partial charge in [-0.2, -0.15) is 0 Å². The van der Waals surface area contributed by atoms with E-state index in [1.807, 2.05) is 12.1 Å². The Morgan fingerprint density at radius 3 is 2.49 bits per heavy atom. The highest BCUT2D eigenvalue weighted by atomic mass is 35.5. The first-order valence-corrected chi connectivity index (χ1v) is 13.3. The van der Waals surface area contributed by atoms with Crippen LogP contribution in [0.15, 0.2) is 30.3 Å². The van der Waals surface area contributed by atoms with Gasteiger partial charge >= 0.3 is 0 Å². The number of aliphatic hydroxyl groups is 2. The van der Waals surface area contributed by atoms with Gasteiger partial charge in [0, 0.05) is 48.6 Å². The lowest BCUT2D eigenvalue weighted by atomic mass is 10.1. The molecule has 1 unspecified atom stereocenters. The minimum atomic E-state index is -1.30. The van der Waals surface area contributed by atoms with Crippen LogP contribution < -0.4 is 5.32 Å². The van der Waals surface area contributed by atoms with E-state index >= 15 is 0 Å². The van der Waals surface area contributed by atoms with E-state index in [9.17, 15) is 24.0 Å². The van der Waals surface area contributed by atoms with Crippen LogP contribution in [0.4, 0.5) is 0 Å². The molecule has 2 aliphatic rings. The fraction of sp³-hybridized carbons (Fsp3) is 0.520. The lowest BCUT2D eigenvalue weighted by Gasteiger charge is -2.35. The number of carbonyl (C=O) groups is 2. The molecule has 1 atom stereocenters. The van der Waals surface area contributed by atoms with Crippen LogP contribution in [-0.2, 0) is 30.3 Å². The molecule has 2 heterocycles. The molecule has 1 fully saturated rings. The molecule has 2 aromatic rings. The van der Waals surface area contributed by atoms with Crippen molar-refractivity contribution in [2.24, 2.45) is 0 Å². The quantitative estimate of drug-likeness (QED) is 0.443. The Labute approximate surface area is 212 Å². The molecular weight excluding hydrogens is 490 g/mol. The van der Waals surface area contributed by atoms with Gasteiger partial charge in [0.1, 0.15) is 11.4 Å². The molecule has 0 bridgehead atoms. The molecule has 10 heteroatoms. The summed E-state index contributed by atoms with van der Waals surface area (Å²) in [5.41, 5.74) is 2.32. The summed E-state index contributed by atoms with van der Waals surface area (Å²) in [6.07, 6.45) is 1.75. The van der Waals surface area contributed by atoms with Gasteiger partial charge in [0.15, 0.2) is 0 Å². The third-order valence-corrected chi connectivity index (χ3v) is 9.51. The van der Waals surface area contributed by atoms with E-state index in [0.29, 0.717) is 48.2 Å². The average Bonchev–Trinajstić information content (AvgIpc) is 3.53. The van der Waals surface area contributed by atoms with Crippen LogP contribution in [-0.4, -0.2) is 71.5 Å². The number of rotatable bonds is 10. The van der Waals surface area contributed by atoms with Crippen molar-refractivity contribution in [2.75, 3.05) is 26.3 Å². The summed E-state index contributed by atoms with van der Waals surface area (Å²) in [4.78, 5) is 28.3. The van der Waals surface area contributed by atoms with Gasteiger partial charge in [-0.1, -0.05) is 23.7 Å². The summed E-state index contributed by atoms with van der Waals surface area (Å²) in [6, 6.07) is 8.88. The van der Waals surface area contributed by atoms with Crippen molar-refractivity contribution < 1.29 is 24.0 Å². The molecule has 1 aliphatic carbocycles. The number of amides is 2. The van der Waals surface area contributed by atoms with E-state index in [2.05, 4.69) is 5.32 Å². The fourth-order valence-corrected chi connectivity index (χ4v) is 6.78. The Morgan fingerprint density at radius 1 is 1.20 bits per heavy atom. The molecule has 8 nitrogen and oxygen atoms in total. The average molecular weight is 522 g/mol. The summed E-state index contributed by atoms with van der Waals surface area (Å²) >= 11 is 5.92. The number of carbonyl (C=O) groups excluding carboxylic acids is 2. The van der Waals surface area contributed by atoms with Gasteiger partial charge in [-0.05, 0) is 62.4 Å². The van der Waals surface area contributed by atoms with E-state index in [1.54, 1.807) is 41.5 Å². The van der Waals surface area contributed by atoms with E-state index in [-0.39, 0.29) is 31.4 Å². The molecule has 1 aliphatic heterocycles. The summed E-state index contributed by atoms with van der Waals surface area (Å²) in [5.74, 6) is -0.516. The molecule has 0 spiro atoms. The summed E-state index contributed by atoms with van der Waals surface area (Å²) in [6.45, 7) is 4.73. The van der Waals surface area contributed by atoms with Gasteiger partial charge in [-0.25, -0.2) is 0 Å². The van der Waals surface area contributed by atoms with Crippen LogP contribution in [0, 0.1) is 0 Å². The molecule has 2 amide bonds. The summed E-state index contributed by atoms with van der Waals surface area (Å²) < 4.78 is 13.7. The van der Waals surface area contributed by atoms with Gasteiger partial charge in [0.25, 0.3) is 11.8 Å². The van der Waals surface area contributed by atoms with Crippen molar-refractivity contribution in [3.63, 3.8) is 0 Å². The molecule has 1 aromatic heterocycles. The van der Waals surface area contributed by atoms with Crippen molar-refractivity contribution in [1.29, 1.82) is 0 Å². The molecule has 4 rings (SSSR count). The SMILES string of the molecule is CC(C)(CO)S(=O)C1(CN2CCn3c(C(=O)NCc4ccc(Cl)cc4)cc(CCO)c3C2=O)CC1. The van der Waals surface area contributed by atoms with Crippen molar-refractivity contribution in [3.05, 3.63) is 57.9 Å². The topological polar surface area (TPSA) is 112 Å². The maximum atomic E-state index is 13.5. The zero-order valence-electron chi connectivity index (χ0n) is 20.1. The minimum Gasteiger partial charge on any atom is -0.396 e. The van der Waals surface area contributed by atoms with Gasteiger partial charge < -0.3 is 25.0 Å². The highest BCUT2D eigenvalue weighted by Gasteiger charge is 2.55. The molecule has 1 saturated carbocycles. The monoisotopic (exact) mass is 521 g/mol. The smallest absolute Gasteiger partial charge is 0.270 e. The van der Waals surface area contributed by atoms with Crippen molar-refractivity contribution in [3.8, 4) is 0 Å². The minimum absolute atomic E-state index is 0.144. The second-order valence-electron chi connectivity index (χ2n) is 9.93. The maximum Gasteiger partial charge on any atom is 0.270 e. The van der Waals surface area contributed by atoms with Crippen molar-refractivity contribution in [1.82, 2.24) is 14.8 Å². The van der Waals surface area contributed by atoms with Gasteiger partial charge in [0.05, 0.1) is 16.1 Å². The zero-order chi connectivity index (χ0) is 25.4. The number of aliphatic hydroxyl groups excluding tert-OH is 2. The molecule has 1 aromatic carbocycles.